The maximum absolute atomic E-state index is 11.2. The first kappa shape index (κ1) is 12.8. The number of ether oxygens (including phenoxy) is 1. The Labute approximate surface area is 106 Å². The highest BCUT2D eigenvalue weighted by Crippen LogP contribution is 2.12. The second kappa shape index (κ2) is 6.30. The zero-order valence-corrected chi connectivity index (χ0v) is 10.5. The van der Waals surface area contributed by atoms with Gasteiger partial charge in [0.1, 0.15) is 5.82 Å². The predicted molar refractivity (Wildman–Crippen MR) is 67.5 cm³/mol. The number of rotatable bonds is 3. The topological polar surface area (TPSA) is 76.1 Å². The molecule has 2 heterocycles. The Bertz CT molecular complexity index is 386. The lowest BCUT2D eigenvalue weighted by atomic mass is 10.1. The molecule has 0 amide bonds. The van der Waals surface area contributed by atoms with Crippen LogP contribution in [0.2, 0.25) is 0 Å². The smallest absolute Gasteiger partial charge is 0.358 e. The third kappa shape index (κ3) is 3.40. The first-order valence-electron chi connectivity index (χ1n) is 6.19. The summed E-state index contributed by atoms with van der Waals surface area (Å²) in [7, 11) is 1.33. The van der Waals surface area contributed by atoms with Crippen molar-refractivity contribution in [3.63, 3.8) is 0 Å². The van der Waals surface area contributed by atoms with E-state index in [4.69, 9.17) is 0 Å². The van der Waals surface area contributed by atoms with Gasteiger partial charge in [-0.25, -0.2) is 4.79 Å². The van der Waals surface area contributed by atoms with Gasteiger partial charge in [0, 0.05) is 6.04 Å². The average molecular weight is 250 g/mol. The first-order valence-corrected chi connectivity index (χ1v) is 6.19. The Morgan fingerprint density at radius 2 is 2.28 bits per heavy atom. The van der Waals surface area contributed by atoms with E-state index >= 15 is 0 Å². The molecular formula is C12H18N4O2. The number of anilines is 1. The van der Waals surface area contributed by atoms with Crippen molar-refractivity contribution in [3.05, 3.63) is 17.8 Å². The average Bonchev–Trinajstić information content (AvgIpc) is 2.67. The molecule has 6 nitrogen and oxygen atoms in total. The molecule has 0 aliphatic carbocycles. The van der Waals surface area contributed by atoms with Crippen molar-refractivity contribution >= 4 is 11.8 Å². The number of carbonyl (C=O) groups excluding carboxylic acids is 1. The highest BCUT2D eigenvalue weighted by Gasteiger charge is 2.13. The molecule has 0 bridgehead atoms. The summed E-state index contributed by atoms with van der Waals surface area (Å²) in [6.45, 7) is 2.09. The zero-order valence-electron chi connectivity index (χ0n) is 10.5. The minimum atomic E-state index is -0.465. The normalized spacial score (nSPS) is 19.9. The molecule has 6 heteroatoms. The van der Waals surface area contributed by atoms with Gasteiger partial charge in [-0.2, -0.15) is 0 Å². The number of nitrogens with one attached hydrogen (secondary N) is 2. The largest absolute Gasteiger partial charge is 0.464 e. The fraction of sp³-hybridized carbons (Fsp3) is 0.583. The summed E-state index contributed by atoms with van der Waals surface area (Å²) in [4.78, 5) is 11.2. The molecule has 0 radical (unpaired) electrons. The first-order chi connectivity index (χ1) is 8.79. The Balaban J connectivity index is 1.94. The van der Waals surface area contributed by atoms with Crippen molar-refractivity contribution in [2.75, 3.05) is 25.5 Å². The highest BCUT2D eigenvalue weighted by molar-refractivity contribution is 5.86. The molecule has 0 aromatic carbocycles. The molecule has 2 rings (SSSR count). The summed E-state index contributed by atoms with van der Waals surface area (Å²) in [5, 5.41) is 14.5. The third-order valence-corrected chi connectivity index (χ3v) is 2.99. The van der Waals surface area contributed by atoms with Crippen LogP contribution < -0.4 is 10.6 Å². The zero-order chi connectivity index (χ0) is 12.8. The van der Waals surface area contributed by atoms with E-state index in [0.29, 0.717) is 11.9 Å². The summed E-state index contributed by atoms with van der Waals surface area (Å²) < 4.78 is 4.57. The van der Waals surface area contributed by atoms with Crippen LogP contribution in [0.25, 0.3) is 0 Å². The van der Waals surface area contributed by atoms with Crippen molar-refractivity contribution in [3.8, 4) is 0 Å². The van der Waals surface area contributed by atoms with Gasteiger partial charge in [0.2, 0.25) is 0 Å². The maximum atomic E-state index is 11.2. The van der Waals surface area contributed by atoms with Gasteiger partial charge in [0.05, 0.1) is 7.11 Å². The molecular weight excluding hydrogens is 232 g/mol. The van der Waals surface area contributed by atoms with Crippen molar-refractivity contribution in [1.29, 1.82) is 0 Å². The van der Waals surface area contributed by atoms with Crippen LogP contribution in [-0.2, 0) is 4.74 Å². The summed E-state index contributed by atoms with van der Waals surface area (Å²) >= 11 is 0. The van der Waals surface area contributed by atoms with E-state index in [1.54, 1.807) is 12.1 Å². The van der Waals surface area contributed by atoms with Gasteiger partial charge < -0.3 is 15.4 Å². The standard InChI is InChI=1S/C12H18N4O2/c1-18-12(17)10-4-5-11(16-15-10)14-9-3-2-7-13-8-6-9/h4-5,9,13H,2-3,6-8H2,1H3,(H,14,16). The summed E-state index contributed by atoms with van der Waals surface area (Å²) in [5.74, 6) is 0.238. The Hall–Kier alpha value is -1.69. The fourth-order valence-electron chi connectivity index (χ4n) is 2.00. The molecule has 1 fully saturated rings. The van der Waals surface area contributed by atoms with E-state index < -0.39 is 5.97 Å². The summed E-state index contributed by atoms with van der Waals surface area (Å²) in [6.07, 6.45) is 3.35. The van der Waals surface area contributed by atoms with Crippen LogP contribution in [0.5, 0.6) is 0 Å². The van der Waals surface area contributed by atoms with E-state index in [1.165, 1.54) is 7.11 Å². The lowest BCUT2D eigenvalue weighted by Gasteiger charge is -2.15. The Morgan fingerprint density at radius 3 is 3.00 bits per heavy atom. The molecule has 18 heavy (non-hydrogen) atoms. The number of hydrogen-bond donors (Lipinski definition) is 2. The molecule has 1 aromatic heterocycles. The van der Waals surface area contributed by atoms with E-state index in [2.05, 4.69) is 25.6 Å². The minimum Gasteiger partial charge on any atom is -0.464 e. The van der Waals surface area contributed by atoms with Gasteiger partial charge >= 0.3 is 5.97 Å². The van der Waals surface area contributed by atoms with Gasteiger partial charge in [-0.05, 0) is 44.5 Å². The molecule has 0 spiro atoms. The lowest BCUT2D eigenvalue weighted by Crippen LogP contribution is -2.22. The number of hydrogen-bond acceptors (Lipinski definition) is 6. The highest BCUT2D eigenvalue weighted by atomic mass is 16.5. The number of nitrogens with zero attached hydrogens (tertiary/aromatic N) is 2. The van der Waals surface area contributed by atoms with Gasteiger partial charge in [0.25, 0.3) is 0 Å². The van der Waals surface area contributed by atoms with E-state index in [1.807, 2.05) is 0 Å². The molecule has 1 unspecified atom stereocenters. The van der Waals surface area contributed by atoms with E-state index in [-0.39, 0.29) is 5.69 Å². The van der Waals surface area contributed by atoms with Gasteiger partial charge in [0.15, 0.2) is 5.69 Å². The second-order valence-electron chi connectivity index (χ2n) is 4.32. The van der Waals surface area contributed by atoms with Crippen molar-refractivity contribution in [2.45, 2.75) is 25.3 Å². The van der Waals surface area contributed by atoms with Crippen LogP contribution in [0.3, 0.4) is 0 Å². The van der Waals surface area contributed by atoms with Gasteiger partial charge in [-0.15, -0.1) is 10.2 Å². The Kier molecular flexibility index (Phi) is 4.46. The van der Waals surface area contributed by atoms with Crippen LogP contribution in [0.1, 0.15) is 29.8 Å². The lowest BCUT2D eigenvalue weighted by molar-refractivity contribution is 0.0593. The van der Waals surface area contributed by atoms with E-state index in [0.717, 1.165) is 32.4 Å². The molecule has 2 N–H and O–H groups in total. The van der Waals surface area contributed by atoms with E-state index in [9.17, 15) is 4.79 Å². The molecule has 98 valence electrons. The number of methoxy groups -OCH3 is 1. The Morgan fingerprint density at radius 1 is 1.39 bits per heavy atom. The summed E-state index contributed by atoms with van der Waals surface area (Å²) in [6, 6.07) is 3.80. The molecule has 1 aliphatic heterocycles. The molecule has 1 atom stereocenters. The summed E-state index contributed by atoms with van der Waals surface area (Å²) in [5.41, 5.74) is 0.227. The molecule has 1 saturated heterocycles. The van der Waals surface area contributed by atoms with Crippen LogP contribution in [0, 0.1) is 0 Å². The molecule has 1 aliphatic rings. The third-order valence-electron chi connectivity index (χ3n) is 2.99. The van der Waals surface area contributed by atoms with Gasteiger partial charge in [-0.1, -0.05) is 0 Å². The van der Waals surface area contributed by atoms with Crippen LogP contribution >= 0.6 is 0 Å². The fourth-order valence-corrected chi connectivity index (χ4v) is 2.00. The van der Waals surface area contributed by atoms with Crippen molar-refractivity contribution < 1.29 is 9.53 Å². The minimum absolute atomic E-state index is 0.227. The van der Waals surface area contributed by atoms with Crippen molar-refractivity contribution in [1.82, 2.24) is 15.5 Å². The number of carbonyl (C=O) groups is 1. The SMILES string of the molecule is COC(=O)c1ccc(NC2CCCNCC2)nn1. The van der Waals surface area contributed by atoms with Crippen molar-refractivity contribution in [2.24, 2.45) is 0 Å². The van der Waals surface area contributed by atoms with Crippen LogP contribution in [0.15, 0.2) is 12.1 Å². The molecule has 0 saturated carbocycles. The molecule has 1 aromatic rings. The maximum Gasteiger partial charge on any atom is 0.358 e. The number of aromatic nitrogens is 2. The van der Waals surface area contributed by atoms with Crippen LogP contribution in [-0.4, -0.2) is 42.4 Å². The quantitative estimate of drug-likeness (QED) is 0.773. The predicted octanol–water partition coefficient (Wildman–Crippen LogP) is 0.817. The monoisotopic (exact) mass is 250 g/mol. The number of esters is 1. The van der Waals surface area contributed by atoms with Crippen LogP contribution in [0.4, 0.5) is 5.82 Å². The second-order valence-corrected chi connectivity index (χ2v) is 4.32. The van der Waals surface area contributed by atoms with Gasteiger partial charge in [-0.3, -0.25) is 0 Å².